The summed E-state index contributed by atoms with van der Waals surface area (Å²) in [5.74, 6) is 0.774. The molecule has 4 rings (SSSR count). The number of nitrogens with one attached hydrogen (secondary N) is 1. The molecule has 0 aliphatic heterocycles. The zero-order valence-electron chi connectivity index (χ0n) is 16.0. The van der Waals surface area contributed by atoms with Crippen LogP contribution < -0.4 is 5.43 Å². The minimum Gasteiger partial charge on any atom is -0.267 e. The molecule has 0 bridgehead atoms. The number of benzene rings is 2. The van der Waals surface area contributed by atoms with Crippen LogP contribution in [0.3, 0.4) is 0 Å². The molecule has 1 heterocycles. The molecule has 1 aliphatic rings. The molecular weight excluding hydrogens is 364 g/mol. The van der Waals surface area contributed by atoms with E-state index in [4.69, 9.17) is 0 Å². The average molecular weight is 386 g/mol. The van der Waals surface area contributed by atoms with E-state index in [1.165, 1.54) is 0 Å². The fraction of sp³-hybridized carbons (Fsp3) is 0.227. The third-order valence-corrected chi connectivity index (χ3v) is 4.79. The zero-order chi connectivity index (χ0) is 19.9. The Hall–Kier alpha value is -3.61. The predicted octanol–water partition coefficient (Wildman–Crippen LogP) is 3.46. The lowest BCUT2D eigenvalue weighted by Gasteiger charge is -2.11. The van der Waals surface area contributed by atoms with Crippen molar-refractivity contribution in [2.75, 3.05) is 0 Å². The van der Waals surface area contributed by atoms with Gasteiger partial charge < -0.3 is 0 Å². The normalized spacial score (nSPS) is 16.2. The van der Waals surface area contributed by atoms with Gasteiger partial charge in [0.15, 0.2) is 0 Å². The molecule has 1 aromatic heterocycles. The van der Waals surface area contributed by atoms with Crippen molar-refractivity contribution in [3.05, 3.63) is 77.9 Å². The molecule has 0 radical (unpaired) electrons. The zero-order valence-corrected chi connectivity index (χ0v) is 16.0. The van der Waals surface area contributed by atoms with Crippen molar-refractivity contribution in [3.8, 4) is 11.4 Å². The molecule has 0 spiro atoms. The third kappa shape index (κ3) is 5.01. The fourth-order valence-corrected chi connectivity index (χ4v) is 3.16. The number of hydrogen-bond acceptors (Lipinski definition) is 5. The number of rotatable bonds is 6. The second kappa shape index (κ2) is 9.05. The molecule has 0 saturated carbocycles. The highest BCUT2D eigenvalue weighted by atomic mass is 16.2. The number of allylic oxidation sites excluding steroid dienone is 2. The van der Waals surface area contributed by atoms with Crippen molar-refractivity contribution in [2.24, 2.45) is 11.0 Å². The first kappa shape index (κ1) is 18.7. The lowest BCUT2D eigenvalue weighted by molar-refractivity contribution is 0.0955. The van der Waals surface area contributed by atoms with Gasteiger partial charge in [-0.3, -0.25) is 4.79 Å². The lowest BCUT2D eigenvalue weighted by atomic mass is 9.96. The molecular formula is C22H22N6O. The van der Waals surface area contributed by atoms with Crippen LogP contribution in [0.5, 0.6) is 0 Å². The Morgan fingerprint density at radius 2 is 1.97 bits per heavy atom. The third-order valence-electron chi connectivity index (χ3n) is 4.79. The smallest absolute Gasteiger partial charge is 0.267 e. The SMILES string of the molecule is O=C(N/N=C\[C@H]1CC=CCC1)c1ccc(Cn2nnc(-c3ccccc3)n2)cc1. The van der Waals surface area contributed by atoms with Gasteiger partial charge >= 0.3 is 0 Å². The van der Waals surface area contributed by atoms with Crippen molar-refractivity contribution in [1.29, 1.82) is 0 Å². The number of tetrazole rings is 1. The molecule has 1 aliphatic carbocycles. The van der Waals surface area contributed by atoms with Gasteiger partial charge in [-0.05, 0) is 48.1 Å². The lowest BCUT2D eigenvalue weighted by Crippen LogP contribution is -2.19. The first-order valence-electron chi connectivity index (χ1n) is 9.68. The summed E-state index contributed by atoms with van der Waals surface area (Å²) in [4.78, 5) is 13.8. The number of amides is 1. The highest BCUT2D eigenvalue weighted by Crippen LogP contribution is 2.16. The van der Waals surface area contributed by atoms with Gasteiger partial charge in [0, 0.05) is 17.3 Å². The van der Waals surface area contributed by atoms with Crippen LogP contribution in [0.25, 0.3) is 11.4 Å². The first-order valence-corrected chi connectivity index (χ1v) is 9.68. The van der Waals surface area contributed by atoms with E-state index in [-0.39, 0.29) is 5.91 Å². The summed E-state index contributed by atoms with van der Waals surface area (Å²) in [7, 11) is 0. The van der Waals surface area contributed by atoms with Crippen molar-refractivity contribution >= 4 is 12.1 Å². The number of carbonyl (C=O) groups is 1. The van der Waals surface area contributed by atoms with Crippen LogP contribution in [0.2, 0.25) is 0 Å². The molecule has 0 saturated heterocycles. The topological polar surface area (TPSA) is 85.1 Å². The Morgan fingerprint density at radius 3 is 2.72 bits per heavy atom. The van der Waals surface area contributed by atoms with Crippen molar-refractivity contribution in [3.63, 3.8) is 0 Å². The summed E-state index contributed by atoms with van der Waals surface area (Å²) >= 11 is 0. The molecule has 29 heavy (non-hydrogen) atoms. The van der Waals surface area contributed by atoms with E-state index in [0.29, 0.717) is 23.9 Å². The molecule has 3 aromatic rings. The van der Waals surface area contributed by atoms with Crippen LogP contribution in [0, 0.1) is 5.92 Å². The van der Waals surface area contributed by atoms with Crippen LogP contribution in [0.1, 0.15) is 35.2 Å². The maximum absolute atomic E-state index is 12.2. The minimum atomic E-state index is -0.218. The van der Waals surface area contributed by atoms with Gasteiger partial charge in [0.2, 0.25) is 5.82 Å². The molecule has 0 unspecified atom stereocenters. The van der Waals surface area contributed by atoms with Gasteiger partial charge in [-0.1, -0.05) is 54.6 Å². The Kier molecular flexibility index (Phi) is 5.85. The summed E-state index contributed by atoms with van der Waals surface area (Å²) in [6.45, 7) is 0.481. The number of nitrogens with zero attached hydrogens (tertiary/aromatic N) is 5. The van der Waals surface area contributed by atoms with Gasteiger partial charge in [-0.15, -0.1) is 10.2 Å². The highest BCUT2D eigenvalue weighted by molar-refractivity contribution is 5.94. The molecule has 1 N–H and O–H groups in total. The van der Waals surface area contributed by atoms with Crippen molar-refractivity contribution in [1.82, 2.24) is 25.6 Å². The van der Waals surface area contributed by atoms with Gasteiger partial charge in [0.05, 0.1) is 6.54 Å². The fourth-order valence-electron chi connectivity index (χ4n) is 3.16. The molecule has 7 nitrogen and oxygen atoms in total. The van der Waals surface area contributed by atoms with Crippen molar-refractivity contribution < 1.29 is 4.79 Å². The standard InChI is InChI=1S/C22H22N6O/c29-22(25-23-15-17-7-3-1-4-8-17)20-13-11-18(12-14-20)16-28-26-21(24-27-28)19-9-5-2-6-10-19/h1-3,5-6,9-15,17H,4,7-8,16H2,(H,25,29)/b23-15-/t17-/m0/s1. The molecule has 2 aromatic carbocycles. The van der Waals surface area contributed by atoms with Gasteiger partial charge in [-0.25, -0.2) is 5.43 Å². The molecule has 1 amide bonds. The van der Waals surface area contributed by atoms with Gasteiger partial charge in [-0.2, -0.15) is 9.90 Å². The van der Waals surface area contributed by atoms with E-state index in [1.54, 1.807) is 16.9 Å². The van der Waals surface area contributed by atoms with Crippen LogP contribution in [-0.2, 0) is 6.54 Å². The quantitative estimate of drug-likeness (QED) is 0.399. The maximum atomic E-state index is 12.2. The van der Waals surface area contributed by atoms with Crippen LogP contribution in [-0.4, -0.2) is 32.3 Å². The van der Waals surface area contributed by atoms with Crippen LogP contribution >= 0.6 is 0 Å². The highest BCUT2D eigenvalue weighted by Gasteiger charge is 2.09. The Balaban J connectivity index is 1.33. The number of hydrazone groups is 1. The molecule has 1 atom stereocenters. The van der Waals surface area contributed by atoms with Crippen LogP contribution in [0.4, 0.5) is 0 Å². The monoisotopic (exact) mass is 386 g/mol. The molecule has 0 fully saturated rings. The largest absolute Gasteiger partial charge is 0.271 e. The Bertz CT molecular complexity index is 1010. The number of hydrogen-bond donors (Lipinski definition) is 1. The summed E-state index contributed by atoms with van der Waals surface area (Å²) in [5, 5.41) is 16.7. The van der Waals surface area contributed by atoms with E-state index in [1.807, 2.05) is 48.7 Å². The minimum absolute atomic E-state index is 0.218. The van der Waals surface area contributed by atoms with Crippen LogP contribution in [0.15, 0.2) is 71.9 Å². The predicted molar refractivity (Wildman–Crippen MR) is 111 cm³/mol. The molecule has 146 valence electrons. The summed E-state index contributed by atoms with van der Waals surface area (Å²) < 4.78 is 0. The average Bonchev–Trinajstić information content (AvgIpc) is 3.24. The van der Waals surface area contributed by atoms with E-state index in [9.17, 15) is 4.79 Å². The summed E-state index contributed by atoms with van der Waals surface area (Å²) in [6, 6.07) is 17.0. The maximum Gasteiger partial charge on any atom is 0.271 e. The number of carbonyl (C=O) groups excluding carboxylic acids is 1. The second-order valence-corrected chi connectivity index (χ2v) is 6.97. The van der Waals surface area contributed by atoms with E-state index < -0.39 is 0 Å². The van der Waals surface area contributed by atoms with E-state index >= 15 is 0 Å². The second-order valence-electron chi connectivity index (χ2n) is 6.97. The van der Waals surface area contributed by atoms with E-state index in [0.717, 1.165) is 30.4 Å². The Morgan fingerprint density at radius 1 is 1.14 bits per heavy atom. The molecule has 7 heteroatoms. The van der Waals surface area contributed by atoms with Crippen molar-refractivity contribution in [2.45, 2.75) is 25.8 Å². The summed E-state index contributed by atoms with van der Waals surface area (Å²) in [6.07, 6.45) is 9.30. The number of aromatic nitrogens is 4. The Labute approximate surface area is 169 Å². The van der Waals surface area contributed by atoms with E-state index in [2.05, 4.69) is 38.1 Å². The van der Waals surface area contributed by atoms with Gasteiger partial charge in [0.25, 0.3) is 5.91 Å². The summed E-state index contributed by atoms with van der Waals surface area (Å²) in [5.41, 5.74) is 5.07. The van der Waals surface area contributed by atoms with Gasteiger partial charge in [0.1, 0.15) is 0 Å². The first-order chi connectivity index (χ1) is 14.3.